The number of hydrogen-bond donors (Lipinski definition) is 1. The lowest BCUT2D eigenvalue weighted by atomic mass is 9.87. The second-order valence-electron chi connectivity index (χ2n) is 3.66. The van der Waals surface area contributed by atoms with Crippen molar-refractivity contribution in [1.82, 2.24) is 5.32 Å². The van der Waals surface area contributed by atoms with Gasteiger partial charge in [0, 0.05) is 14.4 Å². The third-order valence-corrected chi connectivity index (χ3v) is 2.42. The molecule has 1 N–H and O–H groups in total. The molecule has 2 nitrogen and oxygen atoms in total. The van der Waals surface area contributed by atoms with Crippen LogP contribution in [0, 0.1) is 5.92 Å². The first-order valence-electron chi connectivity index (χ1n) is 5.45. The summed E-state index contributed by atoms with van der Waals surface area (Å²) in [5, 5.41) is 2.96. The fraction of sp³-hybridized carbons (Fsp3) is 0.909. The molecule has 0 aromatic heterocycles. The quantitative estimate of drug-likeness (QED) is 0.672. The van der Waals surface area contributed by atoms with Gasteiger partial charge in [-0.25, -0.2) is 0 Å². The van der Waals surface area contributed by atoms with Crippen LogP contribution < -0.4 is 5.32 Å². The maximum absolute atomic E-state index is 10.7. The van der Waals surface area contributed by atoms with Gasteiger partial charge in [-0.05, 0) is 31.6 Å². The maximum Gasteiger partial charge on any atom is 0.217 e. The van der Waals surface area contributed by atoms with Crippen LogP contribution in [0.4, 0.5) is 0 Å². The zero-order chi connectivity index (χ0) is 10.3. The molecule has 0 atom stereocenters. The zero-order valence-electron chi connectivity index (χ0n) is 9.39. The molecule has 0 spiro atoms. The second kappa shape index (κ2) is 6.93. The number of nitrogens with one attached hydrogen (secondary N) is 1. The van der Waals surface area contributed by atoms with Crippen LogP contribution in [0.1, 0.15) is 54.8 Å². The number of rotatable bonds is 1. The Kier molecular flexibility index (Phi) is 6.65. The summed E-state index contributed by atoms with van der Waals surface area (Å²) in [5.41, 5.74) is 0. The Morgan fingerprint density at radius 3 is 2.08 bits per heavy atom. The minimum Gasteiger partial charge on any atom is -0.354 e. The minimum atomic E-state index is 0. The fourth-order valence-electron chi connectivity index (χ4n) is 1.69. The third-order valence-electron chi connectivity index (χ3n) is 2.42. The number of hydrogen-bond acceptors (Lipinski definition) is 1. The van der Waals surface area contributed by atoms with Crippen LogP contribution in [0.2, 0.25) is 0 Å². The van der Waals surface area contributed by atoms with Crippen molar-refractivity contribution in [2.45, 2.75) is 59.4 Å². The van der Waals surface area contributed by atoms with Crippen molar-refractivity contribution in [3.8, 4) is 0 Å². The molecule has 1 aliphatic carbocycles. The van der Waals surface area contributed by atoms with Crippen molar-refractivity contribution in [2.24, 2.45) is 5.92 Å². The molecule has 2 heteroatoms. The SMILES string of the molecule is CC.CC(=O)NC1CCC(C)CC1.[HH]. The van der Waals surface area contributed by atoms with E-state index in [0.29, 0.717) is 6.04 Å². The average molecular weight is 187 g/mol. The highest BCUT2D eigenvalue weighted by Crippen LogP contribution is 2.23. The van der Waals surface area contributed by atoms with Crippen molar-refractivity contribution in [3.63, 3.8) is 0 Å². The number of carbonyl (C=O) groups excluding carboxylic acids is 1. The van der Waals surface area contributed by atoms with Gasteiger partial charge in [0.1, 0.15) is 0 Å². The predicted octanol–water partition coefficient (Wildman–Crippen LogP) is 2.97. The molecule has 1 saturated carbocycles. The van der Waals surface area contributed by atoms with Gasteiger partial charge in [0.25, 0.3) is 0 Å². The fourth-order valence-corrected chi connectivity index (χ4v) is 1.69. The van der Waals surface area contributed by atoms with E-state index in [-0.39, 0.29) is 7.33 Å². The van der Waals surface area contributed by atoms with Crippen LogP contribution in [0.25, 0.3) is 0 Å². The van der Waals surface area contributed by atoms with E-state index >= 15 is 0 Å². The maximum atomic E-state index is 10.7. The molecule has 0 heterocycles. The van der Waals surface area contributed by atoms with E-state index < -0.39 is 0 Å². The summed E-state index contributed by atoms with van der Waals surface area (Å²) >= 11 is 0. The van der Waals surface area contributed by atoms with E-state index in [1.54, 1.807) is 6.92 Å². The predicted molar refractivity (Wildman–Crippen MR) is 58.7 cm³/mol. The highest BCUT2D eigenvalue weighted by molar-refractivity contribution is 5.73. The van der Waals surface area contributed by atoms with Gasteiger partial charge in [-0.15, -0.1) is 0 Å². The van der Waals surface area contributed by atoms with Crippen LogP contribution in [0.15, 0.2) is 0 Å². The van der Waals surface area contributed by atoms with Crippen molar-refractivity contribution in [1.29, 1.82) is 0 Å². The molecule has 1 rings (SSSR count). The first kappa shape index (κ1) is 12.5. The summed E-state index contributed by atoms with van der Waals surface area (Å²) < 4.78 is 0. The monoisotopic (exact) mass is 187 g/mol. The number of carbonyl (C=O) groups is 1. The normalized spacial score (nSPS) is 27.1. The highest BCUT2D eigenvalue weighted by Gasteiger charge is 2.17. The largest absolute Gasteiger partial charge is 0.354 e. The third kappa shape index (κ3) is 5.67. The summed E-state index contributed by atoms with van der Waals surface area (Å²) in [7, 11) is 0. The van der Waals surface area contributed by atoms with Gasteiger partial charge in [0.15, 0.2) is 0 Å². The molecule has 13 heavy (non-hydrogen) atoms. The molecule has 0 aromatic carbocycles. The Balaban J connectivity index is 0. The van der Waals surface area contributed by atoms with Crippen LogP contribution in [-0.2, 0) is 4.79 Å². The molecular weight excluding hydrogens is 162 g/mol. The van der Waals surface area contributed by atoms with Gasteiger partial charge >= 0.3 is 0 Å². The lowest BCUT2D eigenvalue weighted by Gasteiger charge is -2.26. The van der Waals surface area contributed by atoms with Crippen molar-refractivity contribution in [3.05, 3.63) is 0 Å². The lowest BCUT2D eigenvalue weighted by molar-refractivity contribution is -0.119. The van der Waals surface area contributed by atoms with Gasteiger partial charge < -0.3 is 5.32 Å². The molecule has 0 unspecified atom stereocenters. The Hall–Kier alpha value is -0.530. The smallest absolute Gasteiger partial charge is 0.217 e. The van der Waals surface area contributed by atoms with E-state index in [1.807, 2.05) is 13.8 Å². The van der Waals surface area contributed by atoms with Crippen molar-refractivity contribution in [2.75, 3.05) is 0 Å². The van der Waals surface area contributed by atoms with Gasteiger partial charge in [-0.3, -0.25) is 4.79 Å². The molecule has 1 fully saturated rings. The van der Waals surface area contributed by atoms with Crippen molar-refractivity contribution < 1.29 is 6.22 Å². The molecule has 0 aliphatic heterocycles. The summed E-state index contributed by atoms with van der Waals surface area (Å²) in [4.78, 5) is 10.7. The van der Waals surface area contributed by atoms with E-state index in [2.05, 4.69) is 12.2 Å². The van der Waals surface area contributed by atoms with E-state index in [1.165, 1.54) is 25.7 Å². The molecule has 0 radical (unpaired) electrons. The molecule has 0 aromatic rings. The minimum absolute atomic E-state index is 0. The van der Waals surface area contributed by atoms with E-state index in [4.69, 9.17) is 0 Å². The first-order chi connectivity index (χ1) is 6.18. The van der Waals surface area contributed by atoms with Crippen LogP contribution in [0.5, 0.6) is 0 Å². The average Bonchev–Trinajstić information content (AvgIpc) is 2.12. The molecule has 1 amide bonds. The Labute approximate surface area is 83.6 Å². The Morgan fingerprint density at radius 1 is 1.23 bits per heavy atom. The van der Waals surface area contributed by atoms with Gasteiger partial charge in [0.2, 0.25) is 5.91 Å². The van der Waals surface area contributed by atoms with Crippen molar-refractivity contribution >= 4 is 5.91 Å². The Bertz CT molecular complexity index is 142. The highest BCUT2D eigenvalue weighted by atomic mass is 16.1. The molecule has 0 bridgehead atoms. The molecule has 80 valence electrons. The van der Waals surface area contributed by atoms with E-state index in [9.17, 15) is 4.79 Å². The summed E-state index contributed by atoms with van der Waals surface area (Å²) in [6.45, 7) is 7.88. The second-order valence-corrected chi connectivity index (χ2v) is 3.66. The zero-order valence-corrected chi connectivity index (χ0v) is 9.39. The summed E-state index contributed by atoms with van der Waals surface area (Å²) in [5.74, 6) is 0.976. The summed E-state index contributed by atoms with van der Waals surface area (Å²) in [6.07, 6.45) is 4.87. The van der Waals surface area contributed by atoms with Gasteiger partial charge in [-0.1, -0.05) is 20.8 Å². The Morgan fingerprint density at radius 2 is 1.69 bits per heavy atom. The van der Waals surface area contributed by atoms with Crippen LogP contribution >= 0.6 is 0 Å². The number of amides is 1. The first-order valence-corrected chi connectivity index (χ1v) is 5.45. The standard InChI is InChI=1S/C9H17NO.C2H6.H2/c1-7-3-5-9(6-4-7)10-8(2)11;1-2;/h7,9H,3-6H2,1-2H3,(H,10,11);1-2H3;1H. The summed E-state index contributed by atoms with van der Waals surface area (Å²) in [6, 6.07) is 0.462. The molecule has 0 saturated heterocycles. The van der Waals surface area contributed by atoms with Crippen LogP contribution in [-0.4, -0.2) is 11.9 Å². The topological polar surface area (TPSA) is 29.1 Å². The molecular formula is C11H25NO. The van der Waals surface area contributed by atoms with Crippen LogP contribution in [0.3, 0.4) is 0 Å². The lowest BCUT2D eigenvalue weighted by Crippen LogP contribution is -2.35. The van der Waals surface area contributed by atoms with Gasteiger partial charge in [-0.2, -0.15) is 0 Å². The van der Waals surface area contributed by atoms with E-state index in [0.717, 1.165) is 5.92 Å². The molecule has 1 aliphatic rings. The van der Waals surface area contributed by atoms with Gasteiger partial charge in [0.05, 0.1) is 0 Å².